The predicted octanol–water partition coefficient (Wildman–Crippen LogP) is 2.65. The number of aromatic nitrogens is 2. The number of nitrogens with zero attached hydrogens (tertiary/aromatic N) is 3. The first-order chi connectivity index (χ1) is 10.0. The van der Waals surface area contributed by atoms with Gasteiger partial charge in [-0.1, -0.05) is 20.8 Å². The number of imidazole rings is 1. The molecule has 120 valence electrons. The van der Waals surface area contributed by atoms with Gasteiger partial charge in [0, 0.05) is 31.5 Å². The molecule has 1 aliphatic rings. The van der Waals surface area contributed by atoms with Gasteiger partial charge in [0.1, 0.15) is 5.82 Å². The van der Waals surface area contributed by atoms with Crippen LogP contribution in [-0.2, 0) is 13.6 Å². The minimum absolute atomic E-state index is 0.601. The van der Waals surface area contributed by atoms with Crippen molar-refractivity contribution in [1.29, 1.82) is 0 Å². The first-order valence-corrected chi connectivity index (χ1v) is 8.42. The lowest BCUT2D eigenvalue weighted by Gasteiger charge is -2.44. The summed E-state index contributed by atoms with van der Waals surface area (Å²) in [7, 11) is 4.34. The van der Waals surface area contributed by atoms with E-state index in [1.807, 2.05) is 12.4 Å². The molecule has 1 fully saturated rings. The van der Waals surface area contributed by atoms with E-state index in [0.717, 1.165) is 30.7 Å². The summed E-state index contributed by atoms with van der Waals surface area (Å²) in [6.45, 7) is 9.10. The summed E-state index contributed by atoms with van der Waals surface area (Å²) in [5.41, 5.74) is 0. The van der Waals surface area contributed by atoms with E-state index in [-0.39, 0.29) is 0 Å². The van der Waals surface area contributed by atoms with Gasteiger partial charge < -0.3 is 9.88 Å². The van der Waals surface area contributed by atoms with Gasteiger partial charge in [-0.2, -0.15) is 0 Å². The molecule has 1 aliphatic carbocycles. The van der Waals surface area contributed by atoms with Crippen LogP contribution in [0.25, 0.3) is 0 Å². The van der Waals surface area contributed by atoms with Gasteiger partial charge in [-0.15, -0.1) is 0 Å². The average Bonchev–Trinajstić information content (AvgIpc) is 2.81. The van der Waals surface area contributed by atoms with Crippen LogP contribution in [0.1, 0.15) is 45.9 Å². The Morgan fingerprint density at radius 2 is 2.14 bits per heavy atom. The van der Waals surface area contributed by atoms with Crippen LogP contribution in [0.2, 0.25) is 0 Å². The fourth-order valence-corrected chi connectivity index (χ4v) is 3.99. The van der Waals surface area contributed by atoms with Crippen molar-refractivity contribution < 1.29 is 0 Å². The molecule has 4 unspecified atom stereocenters. The molecule has 0 radical (unpaired) electrons. The Labute approximate surface area is 129 Å². The lowest BCUT2D eigenvalue weighted by molar-refractivity contribution is 0.0731. The van der Waals surface area contributed by atoms with Crippen molar-refractivity contribution in [3.63, 3.8) is 0 Å². The minimum atomic E-state index is 0.601. The summed E-state index contributed by atoms with van der Waals surface area (Å²) in [6.07, 6.45) is 7.75. The van der Waals surface area contributed by atoms with E-state index in [2.05, 4.69) is 54.6 Å². The summed E-state index contributed by atoms with van der Waals surface area (Å²) in [6, 6.07) is 1.21. The van der Waals surface area contributed by atoms with E-state index in [0.29, 0.717) is 12.1 Å². The molecule has 2 rings (SSSR count). The number of hydrogen-bond donors (Lipinski definition) is 1. The first kappa shape index (κ1) is 16.5. The largest absolute Gasteiger partial charge is 0.337 e. The van der Waals surface area contributed by atoms with Crippen LogP contribution in [0.5, 0.6) is 0 Å². The highest BCUT2D eigenvalue weighted by Crippen LogP contribution is 2.32. The SMILES string of the molecule is CCCNC1CC(C)CC(C)C1N(C)Cc1nccn1C. The van der Waals surface area contributed by atoms with E-state index in [9.17, 15) is 0 Å². The van der Waals surface area contributed by atoms with Gasteiger partial charge in [-0.25, -0.2) is 4.98 Å². The van der Waals surface area contributed by atoms with Crippen LogP contribution in [0.3, 0.4) is 0 Å². The van der Waals surface area contributed by atoms with Gasteiger partial charge in [0.25, 0.3) is 0 Å². The molecule has 21 heavy (non-hydrogen) atoms. The van der Waals surface area contributed by atoms with Crippen LogP contribution in [0.4, 0.5) is 0 Å². The Hall–Kier alpha value is -0.870. The molecule has 0 spiro atoms. The molecule has 1 N–H and O–H groups in total. The molecule has 0 aliphatic heterocycles. The highest BCUT2D eigenvalue weighted by Gasteiger charge is 2.36. The molecular weight excluding hydrogens is 260 g/mol. The van der Waals surface area contributed by atoms with Gasteiger partial charge in [0.15, 0.2) is 0 Å². The van der Waals surface area contributed by atoms with Crippen molar-refractivity contribution in [2.45, 2.75) is 58.7 Å². The van der Waals surface area contributed by atoms with Crippen LogP contribution in [-0.4, -0.2) is 40.1 Å². The third kappa shape index (κ3) is 4.07. The number of aryl methyl sites for hydroxylation is 1. The molecule has 4 heteroatoms. The van der Waals surface area contributed by atoms with E-state index < -0.39 is 0 Å². The molecule has 4 nitrogen and oxygen atoms in total. The molecule has 0 aromatic carbocycles. The number of hydrogen-bond acceptors (Lipinski definition) is 3. The fraction of sp³-hybridized carbons (Fsp3) is 0.824. The maximum Gasteiger partial charge on any atom is 0.122 e. The Morgan fingerprint density at radius 1 is 1.38 bits per heavy atom. The van der Waals surface area contributed by atoms with Crippen molar-refractivity contribution in [3.05, 3.63) is 18.2 Å². The molecule has 1 aromatic rings. The summed E-state index contributed by atoms with van der Waals surface area (Å²) in [4.78, 5) is 6.98. The fourth-order valence-electron chi connectivity index (χ4n) is 3.99. The van der Waals surface area contributed by atoms with E-state index in [1.165, 1.54) is 19.3 Å². The summed E-state index contributed by atoms with van der Waals surface area (Å²) in [5, 5.41) is 3.79. The van der Waals surface area contributed by atoms with Crippen molar-refractivity contribution in [2.24, 2.45) is 18.9 Å². The Kier molecular flexibility index (Phi) is 5.82. The van der Waals surface area contributed by atoms with Crippen LogP contribution in [0, 0.1) is 11.8 Å². The lowest BCUT2D eigenvalue weighted by atomic mass is 9.76. The predicted molar refractivity (Wildman–Crippen MR) is 88.1 cm³/mol. The molecule has 0 bridgehead atoms. The summed E-state index contributed by atoms with van der Waals surface area (Å²) >= 11 is 0. The van der Waals surface area contributed by atoms with Crippen LogP contribution in [0.15, 0.2) is 12.4 Å². The lowest BCUT2D eigenvalue weighted by Crippen LogP contribution is -2.55. The maximum absolute atomic E-state index is 4.48. The van der Waals surface area contributed by atoms with Crippen molar-refractivity contribution >= 4 is 0 Å². The molecule has 0 saturated heterocycles. The monoisotopic (exact) mass is 292 g/mol. The molecule has 4 atom stereocenters. The van der Waals surface area contributed by atoms with Crippen LogP contribution < -0.4 is 5.32 Å². The Bertz CT molecular complexity index is 428. The summed E-state index contributed by atoms with van der Waals surface area (Å²) in [5.74, 6) is 2.71. The Morgan fingerprint density at radius 3 is 2.76 bits per heavy atom. The smallest absolute Gasteiger partial charge is 0.122 e. The zero-order valence-corrected chi connectivity index (χ0v) is 14.3. The first-order valence-electron chi connectivity index (χ1n) is 8.42. The quantitative estimate of drug-likeness (QED) is 0.875. The summed E-state index contributed by atoms with van der Waals surface area (Å²) < 4.78 is 2.13. The third-order valence-electron chi connectivity index (χ3n) is 4.90. The second-order valence-corrected chi connectivity index (χ2v) is 6.97. The molecule has 1 saturated carbocycles. The number of nitrogens with one attached hydrogen (secondary N) is 1. The standard InChI is InChI=1S/C17H32N4/c1-6-7-18-15-11-13(2)10-14(3)17(15)21(5)12-16-19-8-9-20(16)4/h8-9,13-15,17-18H,6-7,10-12H2,1-5H3. The third-order valence-corrected chi connectivity index (χ3v) is 4.90. The van der Waals surface area contributed by atoms with Gasteiger partial charge in [0.2, 0.25) is 0 Å². The van der Waals surface area contributed by atoms with E-state index in [4.69, 9.17) is 0 Å². The van der Waals surface area contributed by atoms with E-state index in [1.54, 1.807) is 0 Å². The van der Waals surface area contributed by atoms with Gasteiger partial charge in [-0.3, -0.25) is 4.90 Å². The number of rotatable bonds is 6. The van der Waals surface area contributed by atoms with Crippen LogP contribution >= 0.6 is 0 Å². The Balaban J connectivity index is 2.06. The highest BCUT2D eigenvalue weighted by atomic mass is 15.2. The van der Waals surface area contributed by atoms with E-state index >= 15 is 0 Å². The molecule has 0 amide bonds. The minimum Gasteiger partial charge on any atom is -0.337 e. The number of likely N-dealkylation sites (N-methyl/N-ethyl adjacent to an activating group) is 1. The highest BCUT2D eigenvalue weighted by molar-refractivity contribution is 4.97. The zero-order chi connectivity index (χ0) is 15.4. The average molecular weight is 292 g/mol. The molecule has 1 aromatic heterocycles. The second-order valence-electron chi connectivity index (χ2n) is 6.97. The maximum atomic E-state index is 4.48. The second kappa shape index (κ2) is 7.41. The van der Waals surface area contributed by atoms with Gasteiger partial charge >= 0.3 is 0 Å². The van der Waals surface area contributed by atoms with Gasteiger partial charge in [0.05, 0.1) is 6.54 Å². The molecule has 1 heterocycles. The molecular formula is C17H32N4. The van der Waals surface area contributed by atoms with Gasteiger partial charge in [-0.05, 0) is 44.7 Å². The zero-order valence-electron chi connectivity index (χ0n) is 14.3. The van der Waals surface area contributed by atoms with Crippen molar-refractivity contribution in [3.8, 4) is 0 Å². The van der Waals surface area contributed by atoms with Crippen molar-refractivity contribution in [2.75, 3.05) is 13.6 Å². The normalized spacial score (nSPS) is 30.0. The topological polar surface area (TPSA) is 33.1 Å². The van der Waals surface area contributed by atoms with Crippen molar-refractivity contribution in [1.82, 2.24) is 19.8 Å².